The SMILES string of the molecule is CCCCOc1ccc(/C=N\n2c(CCC)nnc2SCc2ccc(Cl)cc2)cc1OC. The van der Waals surface area contributed by atoms with Crippen molar-refractivity contribution in [1.82, 2.24) is 14.9 Å². The molecule has 0 N–H and O–H groups in total. The summed E-state index contributed by atoms with van der Waals surface area (Å²) in [5, 5.41) is 14.9. The van der Waals surface area contributed by atoms with Crippen LogP contribution >= 0.6 is 23.4 Å². The van der Waals surface area contributed by atoms with Crippen molar-refractivity contribution < 1.29 is 9.47 Å². The first-order chi connectivity index (χ1) is 15.6. The van der Waals surface area contributed by atoms with Gasteiger partial charge in [-0.25, -0.2) is 0 Å². The van der Waals surface area contributed by atoms with E-state index in [1.165, 1.54) is 5.56 Å². The number of aromatic nitrogens is 3. The fraction of sp³-hybridized carbons (Fsp3) is 0.375. The summed E-state index contributed by atoms with van der Waals surface area (Å²) >= 11 is 7.58. The van der Waals surface area contributed by atoms with E-state index in [1.807, 2.05) is 47.1 Å². The fourth-order valence-electron chi connectivity index (χ4n) is 2.94. The molecular formula is C24H29ClN4O2S. The Morgan fingerprint density at radius 2 is 1.88 bits per heavy atom. The summed E-state index contributed by atoms with van der Waals surface area (Å²) in [6, 6.07) is 13.6. The quantitative estimate of drug-likeness (QED) is 0.177. The summed E-state index contributed by atoms with van der Waals surface area (Å²) in [4.78, 5) is 0. The Morgan fingerprint density at radius 3 is 2.59 bits per heavy atom. The molecule has 0 unspecified atom stereocenters. The lowest BCUT2D eigenvalue weighted by molar-refractivity contribution is 0.288. The monoisotopic (exact) mass is 472 g/mol. The van der Waals surface area contributed by atoms with Gasteiger partial charge in [0, 0.05) is 17.2 Å². The van der Waals surface area contributed by atoms with Gasteiger partial charge in [0.1, 0.15) is 0 Å². The lowest BCUT2D eigenvalue weighted by atomic mass is 10.2. The van der Waals surface area contributed by atoms with Gasteiger partial charge in [-0.05, 0) is 54.3 Å². The van der Waals surface area contributed by atoms with E-state index in [-0.39, 0.29) is 0 Å². The zero-order valence-electron chi connectivity index (χ0n) is 18.8. The van der Waals surface area contributed by atoms with Crippen molar-refractivity contribution >= 4 is 29.6 Å². The molecule has 2 aromatic carbocycles. The van der Waals surface area contributed by atoms with Gasteiger partial charge in [-0.2, -0.15) is 9.78 Å². The molecule has 32 heavy (non-hydrogen) atoms. The first-order valence-electron chi connectivity index (χ1n) is 10.8. The van der Waals surface area contributed by atoms with Gasteiger partial charge in [0.05, 0.1) is 19.9 Å². The second-order valence-electron chi connectivity index (χ2n) is 7.23. The Morgan fingerprint density at radius 1 is 1.06 bits per heavy atom. The molecule has 3 rings (SSSR count). The number of benzene rings is 2. The van der Waals surface area contributed by atoms with Crippen molar-refractivity contribution in [3.63, 3.8) is 0 Å². The highest BCUT2D eigenvalue weighted by molar-refractivity contribution is 7.98. The fourth-order valence-corrected chi connectivity index (χ4v) is 3.93. The maximum Gasteiger partial charge on any atom is 0.212 e. The van der Waals surface area contributed by atoms with Crippen LogP contribution in [0.1, 0.15) is 50.1 Å². The lowest BCUT2D eigenvalue weighted by Crippen LogP contribution is -2.01. The number of hydrogen-bond acceptors (Lipinski definition) is 6. The molecule has 0 aliphatic heterocycles. The number of halogens is 1. The molecule has 0 bridgehead atoms. The Balaban J connectivity index is 1.77. The minimum absolute atomic E-state index is 0.676. The standard InChI is InChI=1S/C24H29ClN4O2S/c1-4-6-14-31-21-13-10-19(15-22(21)30-3)16-26-29-23(7-5-2)27-28-24(29)32-17-18-8-11-20(25)12-9-18/h8-13,15-16H,4-7,14,17H2,1-3H3/b26-16-. The number of rotatable bonds is 12. The van der Waals surface area contributed by atoms with E-state index in [2.05, 4.69) is 24.0 Å². The molecule has 6 nitrogen and oxygen atoms in total. The number of unbranched alkanes of at least 4 members (excludes halogenated alkanes) is 1. The Labute approximate surface area is 199 Å². The Bertz CT molecular complexity index is 1020. The maximum atomic E-state index is 5.99. The van der Waals surface area contributed by atoms with E-state index in [0.29, 0.717) is 12.4 Å². The van der Waals surface area contributed by atoms with Crippen molar-refractivity contribution in [3.8, 4) is 11.5 Å². The number of thioether (sulfide) groups is 1. The predicted octanol–water partition coefficient (Wildman–Crippen LogP) is 6.25. The van der Waals surface area contributed by atoms with Crippen LogP contribution in [-0.2, 0) is 12.2 Å². The number of hydrogen-bond donors (Lipinski definition) is 0. The third kappa shape index (κ3) is 6.74. The number of methoxy groups -OCH3 is 1. The van der Waals surface area contributed by atoms with E-state index in [9.17, 15) is 0 Å². The predicted molar refractivity (Wildman–Crippen MR) is 131 cm³/mol. The van der Waals surface area contributed by atoms with Gasteiger partial charge < -0.3 is 9.47 Å². The summed E-state index contributed by atoms with van der Waals surface area (Å²) < 4.78 is 13.1. The van der Waals surface area contributed by atoms with Crippen molar-refractivity contribution in [3.05, 3.63) is 64.4 Å². The van der Waals surface area contributed by atoms with Gasteiger partial charge >= 0.3 is 0 Å². The van der Waals surface area contributed by atoms with Crippen LogP contribution in [0.2, 0.25) is 5.02 Å². The normalized spacial score (nSPS) is 11.2. The Hall–Kier alpha value is -2.51. The van der Waals surface area contributed by atoms with Crippen molar-refractivity contribution in [2.45, 2.75) is 50.4 Å². The average molecular weight is 473 g/mol. The van der Waals surface area contributed by atoms with Crippen molar-refractivity contribution in [1.29, 1.82) is 0 Å². The number of ether oxygens (including phenoxy) is 2. The molecule has 0 aliphatic rings. The highest BCUT2D eigenvalue weighted by Crippen LogP contribution is 2.28. The van der Waals surface area contributed by atoms with Crippen molar-refractivity contribution in [2.75, 3.05) is 13.7 Å². The molecule has 8 heteroatoms. The first-order valence-corrected chi connectivity index (χ1v) is 12.2. The molecule has 0 spiro atoms. The van der Waals surface area contributed by atoms with Gasteiger partial charge in [0.15, 0.2) is 17.3 Å². The van der Waals surface area contributed by atoms with Crippen LogP contribution in [-0.4, -0.2) is 34.8 Å². The minimum atomic E-state index is 0.676. The van der Waals surface area contributed by atoms with Crippen molar-refractivity contribution in [2.24, 2.45) is 5.10 Å². The van der Waals surface area contributed by atoms with Gasteiger partial charge in [0.25, 0.3) is 0 Å². The summed E-state index contributed by atoms with van der Waals surface area (Å²) in [5.74, 6) is 3.04. The summed E-state index contributed by atoms with van der Waals surface area (Å²) in [5.41, 5.74) is 2.08. The smallest absolute Gasteiger partial charge is 0.212 e. The van der Waals surface area contributed by atoms with Crippen LogP contribution in [0.5, 0.6) is 11.5 Å². The highest BCUT2D eigenvalue weighted by atomic mass is 35.5. The summed E-state index contributed by atoms with van der Waals surface area (Å²) in [6.07, 6.45) is 5.67. The van der Waals surface area contributed by atoms with Crippen LogP contribution in [0, 0.1) is 0 Å². The van der Waals surface area contributed by atoms with Gasteiger partial charge in [-0.15, -0.1) is 10.2 Å². The maximum absolute atomic E-state index is 5.99. The van der Waals surface area contributed by atoms with Crippen LogP contribution < -0.4 is 9.47 Å². The molecule has 0 atom stereocenters. The molecule has 0 radical (unpaired) electrons. The van der Waals surface area contributed by atoms with Crippen LogP contribution in [0.3, 0.4) is 0 Å². The second kappa shape index (κ2) is 12.5. The van der Waals surface area contributed by atoms with Crippen LogP contribution in [0.4, 0.5) is 0 Å². The molecule has 0 amide bonds. The highest BCUT2D eigenvalue weighted by Gasteiger charge is 2.12. The molecule has 1 aromatic heterocycles. The van der Waals surface area contributed by atoms with Gasteiger partial charge in [-0.1, -0.05) is 55.8 Å². The molecular weight excluding hydrogens is 444 g/mol. The molecule has 0 saturated heterocycles. The first kappa shape index (κ1) is 24.1. The van der Waals surface area contributed by atoms with Gasteiger partial charge in [0.2, 0.25) is 5.16 Å². The van der Waals surface area contributed by atoms with E-state index in [1.54, 1.807) is 25.1 Å². The summed E-state index contributed by atoms with van der Waals surface area (Å²) in [6.45, 7) is 4.93. The third-order valence-electron chi connectivity index (χ3n) is 4.70. The van der Waals surface area contributed by atoms with E-state index >= 15 is 0 Å². The van der Waals surface area contributed by atoms with E-state index < -0.39 is 0 Å². The average Bonchev–Trinajstić information content (AvgIpc) is 3.19. The number of aryl methyl sites for hydroxylation is 1. The molecule has 170 valence electrons. The molecule has 0 saturated carbocycles. The molecule has 0 aliphatic carbocycles. The van der Waals surface area contributed by atoms with Crippen LogP contribution in [0.15, 0.2) is 52.7 Å². The molecule has 0 fully saturated rings. The topological polar surface area (TPSA) is 61.5 Å². The lowest BCUT2D eigenvalue weighted by Gasteiger charge is -2.11. The zero-order chi connectivity index (χ0) is 22.8. The third-order valence-corrected chi connectivity index (χ3v) is 5.94. The number of nitrogens with zero attached hydrogens (tertiary/aromatic N) is 4. The second-order valence-corrected chi connectivity index (χ2v) is 8.61. The Kier molecular flexibility index (Phi) is 9.43. The van der Waals surface area contributed by atoms with Gasteiger partial charge in [-0.3, -0.25) is 0 Å². The zero-order valence-corrected chi connectivity index (χ0v) is 20.3. The van der Waals surface area contributed by atoms with Crippen LogP contribution in [0.25, 0.3) is 0 Å². The summed E-state index contributed by atoms with van der Waals surface area (Å²) in [7, 11) is 1.65. The minimum Gasteiger partial charge on any atom is -0.493 e. The van der Waals surface area contributed by atoms with E-state index in [0.717, 1.165) is 58.8 Å². The molecule has 1 heterocycles. The largest absolute Gasteiger partial charge is 0.493 e. The molecule has 3 aromatic rings. The van der Waals surface area contributed by atoms with E-state index in [4.69, 9.17) is 26.2 Å².